The van der Waals surface area contributed by atoms with E-state index in [1.165, 1.54) is 12.1 Å². The van der Waals surface area contributed by atoms with Crippen LogP contribution in [0.3, 0.4) is 0 Å². The highest BCUT2D eigenvalue weighted by atomic mass is 35.5. The lowest BCUT2D eigenvalue weighted by Gasteiger charge is -2.17. The highest BCUT2D eigenvalue weighted by Gasteiger charge is 2.18. The van der Waals surface area contributed by atoms with Crippen LogP contribution in [-0.2, 0) is 9.53 Å². The van der Waals surface area contributed by atoms with E-state index < -0.39 is 11.9 Å². The molecule has 0 aliphatic heterocycles. The zero-order chi connectivity index (χ0) is 13.5. The number of nitrogens with one attached hydrogen (secondary N) is 1. The molecule has 1 N–H and O–H groups in total. The van der Waals surface area contributed by atoms with Crippen LogP contribution in [0.15, 0.2) is 18.2 Å². The first-order chi connectivity index (χ1) is 8.56. The minimum atomic E-state index is -0.479. The summed E-state index contributed by atoms with van der Waals surface area (Å²) in [6.07, 6.45) is 1.44. The number of ether oxygens (including phenoxy) is 1. The van der Waals surface area contributed by atoms with E-state index in [0.717, 1.165) is 6.42 Å². The Morgan fingerprint density at radius 1 is 1.44 bits per heavy atom. The van der Waals surface area contributed by atoms with E-state index in [1.807, 2.05) is 6.92 Å². The predicted molar refractivity (Wildman–Crippen MR) is 70.4 cm³/mol. The van der Waals surface area contributed by atoms with Crippen LogP contribution < -0.4 is 5.32 Å². The van der Waals surface area contributed by atoms with Crippen molar-refractivity contribution in [1.82, 2.24) is 0 Å². The van der Waals surface area contributed by atoms with Gasteiger partial charge in [0.15, 0.2) is 0 Å². The van der Waals surface area contributed by atoms with Crippen molar-refractivity contribution in [3.63, 3.8) is 0 Å². The molecule has 0 bridgehead atoms. The molecule has 1 rings (SSSR count). The fourth-order valence-electron chi connectivity index (χ4n) is 1.62. The number of rotatable bonds is 6. The van der Waals surface area contributed by atoms with Crippen molar-refractivity contribution in [3.8, 4) is 0 Å². The van der Waals surface area contributed by atoms with Crippen molar-refractivity contribution in [2.24, 2.45) is 0 Å². The van der Waals surface area contributed by atoms with Gasteiger partial charge in [0.1, 0.15) is 11.9 Å². The number of halogens is 2. The van der Waals surface area contributed by atoms with Gasteiger partial charge in [-0.3, -0.25) is 0 Å². The van der Waals surface area contributed by atoms with Crippen LogP contribution in [0.5, 0.6) is 0 Å². The highest BCUT2D eigenvalue weighted by Crippen LogP contribution is 2.19. The summed E-state index contributed by atoms with van der Waals surface area (Å²) in [6, 6.07) is 3.61. The zero-order valence-corrected chi connectivity index (χ0v) is 11.3. The minimum Gasteiger partial charge on any atom is -0.464 e. The van der Waals surface area contributed by atoms with Crippen molar-refractivity contribution in [2.45, 2.75) is 32.7 Å². The maximum absolute atomic E-state index is 13.2. The molecule has 0 fully saturated rings. The Morgan fingerprint density at radius 2 is 2.17 bits per heavy atom. The lowest BCUT2D eigenvalue weighted by Crippen LogP contribution is -2.31. The van der Waals surface area contributed by atoms with Crippen LogP contribution in [0, 0.1) is 5.82 Å². The van der Waals surface area contributed by atoms with Gasteiger partial charge in [-0.2, -0.15) is 0 Å². The Balaban J connectivity index is 2.78. The largest absolute Gasteiger partial charge is 0.464 e. The van der Waals surface area contributed by atoms with Crippen molar-refractivity contribution in [2.75, 3.05) is 11.9 Å². The SMILES string of the molecule is CCCC(Nc1cc(F)cc(Cl)c1)C(=O)OCC. The fraction of sp³-hybridized carbons (Fsp3) is 0.462. The predicted octanol–water partition coefficient (Wildman–Crippen LogP) is 3.62. The molecule has 1 unspecified atom stereocenters. The molecule has 1 aromatic rings. The van der Waals surface area contributed by atoms with Gasteiger partial charge in [-0.25, -0.2) is 9.18 Å². The van der Waals surface area contributed by atoms with Crippen LogP contribution in [0.1, 0.15) is 26.7 Å². The number of benzene rings is 1. The molecule has 3 nitrogen and oxygen atoms in total. The summed E-state index contributed by atoms with van der Waals surface area (Å²) in [5, 5.41) is 3.24. The summed E-state index contributed by atoms with van der Waals surface area (Å²) in [4.78, 5) is 11.7. The molecular formula is C13H17ClFNO2. The third kappa shape index (κ3) is 4.53. The second-order valence-electron chi connectivity index (χ2n) is 3.90. The van der Waals surface area contributed by atoms with E-state index in [9.17, 15) is 9.18 Å². The third-order valence-corrected chi connectivity index (χ3v) is 2.57. The van der Waals surface area contributed by atoms with Gasteiger partial charge >= 0.3 is 5.97 Å². The molecule has 0 heterocycles. The van der Waals surface area contributed by atoms with Crippen molar-refractivity contribution in [1.29, 1.82) is 0 Å². The molecule has 0 aliphatic rings. The van der Waals surface area contributed by atoms with Crippen LogP contribution in [-0.4, -0.2) is 18.6 Å². The molecule has 0 aromatic heterocycles. The minimum absolute atomic E-state index is 0.289. The van der Waals surface area contributed by atoms with Gasteiger partial charge in [0.25, 0.3) is 0 Å². The monoisotopic (exact) mass is 273 g/mol. The average Bonchev–Trinajstić information content (AvgIpc) is 2.27. The summed E-state index contributed by atoms with van der Waals surface area (Å²) in [7, 11) is 0. The number of carbonyl (C=O) groups excluding carboxylic acids is 1. The molecule has 18 heavy (non-hydrogen) atoms. The summed E-state index contributed by atoms with van der Waals surface area (Å²) < 4.78 is 18.1. The molecule has 5 heteroatoms. The molecule has 1 aromatic carbocycles. The molecule has 0 aliphatic carbocycles. The summed E-state index contributed by atoms with van der Waals surface area (Å²) in [5.41, 5.74) is 0.478. The van der Waals surface area contributed by atoms with E-state index in [1.54, 1.807) is 13.0 Å². The van der Waals surface area contributed by atoms with Gasteiger partial charge in [-0.15, -0.1) is 0 Å². The van der Waals surface area contributed by atoms with Gasteiger partial charge < -0.3 is 10.1 Å². The van der Waals surface area contributed by atoms with E-state index in [0.29, 0.717) is 18.7 Å². The molecule has 0 spiro atoms. The summed E-state index contributed by atoms with van der Waals surface area (Å²) >= 11 is 5.76. The molecule has 0 saturated carbocycles. The first-order valence-electron chi connectivity index (χ1n) is 5.96. The Kier molecular flexibility index (Phi) is 5.92. The Labute approximate surface area is 111 Å². The Hall–Kier alpha value is -1.29. The van der Waals surface area contributed by atoms with Gasteiger partial charge in [0.2, 0.25) is 0 Å². The van der Waals surface area contributed by atoms with Gasteiger partial charge in [-0.1, -0.05) is 24.9 Å². The molecule has 100 valence electrons. The smallest absolute Gasteiger partial charge is 0.328 e. The Morgan fingerprint density at radius 3 is 2.72 bits per heavy atom. The first-order valence-corrected chi connectivity index (χ1v) is 6.33. The van der Waals surface area contributed by atoms with E-state index >= 15 is 0 Å². The van der Waals surface area contributed by atoms with Crippen molar-refractivity contribution in [3.05, 3.63) is 29.0 Å². The van der Waals surface area contributed by atoms with E-state index in [2.05, 4.69) is 5.32 Å². The van der Waals surface area contributed by atoms with Gasteiger partial charge in [0, 0.05) is 10.7 Å². The van der Waals surface area contributed by atoms with Crippen LogP contribution in [0.4, 0.5) is 10.1 Å². The summed E-state index contributed by atoms with van der Waals surface area (Å²) in [5.74, 6) is -0.774. The third-order valence-electron chi connectivity index (χ3n) is 2.35. The van der Waals surface area contributed by atoms with E-state index in [4.69, 9.17) is 16.3 Å². The fourth-order valence-corrected chi connectivity index (χ4v) is 1.84. The standard InChI is InChI=1S/C13H17ClFNO2/c1-3-5-12(13(17)18-4-2)16-11-7-9(14)6-10(15)8-11/h6-8,12,16H,3-5H2,1-2H3. The topological polar surface area (TPSA) is 38.3 Å². The van der Waals surface area contributed by atoms with Gasteiger partial charge in [0.05, 0.1) is 6.61 Å². The van der Waals surface area contributed by atoms with Crippen LogP contribution in [0.2, 0.25) is 5.02 Å². The number of hydrogen-bond acceptors (Lipinski definition) is 3. The first kappa shape index (κ1) is 14.8. The summed E-state index contributed by atoms with van der Waals surface area (Å²) in [6.45, 7) is 4.04. The van der Waals surface area contributed by atoms with Gasteiger partial charge in [-0.05, 0) is 31.5 Å². The Bertz CT molecular complexity index is 392. The molecule has 0 saturated heterocycles. The van der Waals surface area contributed by atoms with Crippen LogP contribution >= 0.6 is 11.6 Å². The second kappa shape index (κ2) is 7.21. The molecule has 1 atom stereocenters. The second-order valence-corrected chi connectivity index (χ2v) is 4.33. The number of carbonyl (C=O) groups is 1. The number of esters is 1. The lowest BCUT2D eigenvalue weighted by molar-refractivity contribution is -0.144. The lowest BCUT2D eigenvalue weighted by atomic mass is 10.1. The maximum atomic E-state index is 13.2. The number of hydrogen-bond donors (Lipinski definition) is 1. The highest BCUT2D eigenvalue weighted by molar-refractivity contribution is 6.30. The van der Waals surface area contributed by atoms with E-state index in [-0.39, 0.29) is 11.0 Å². The average molecular weight is 274 g/mol. The van der Waals surface area contributed by atoms with Crippen LogP contribution in [0.25, 0.3) is 0 Å². The molecule has 0 amide bonds. The van der Waals surface area contributed by atoms with Crippen molar-refractivity contribution < 1.29 is 13.9 Å². The normalized spacial score (nSPS) is 12.0. The maximum Gasteiger partial charge on any atom is 0.328 e. The molecule has 0 radical (unpaired) electrons. The van der Waals surface area contributed by atoms with Crippen molar-refractivity contribution >= 4 is 23.3 Å². The molecular weight excluding hydrogens is 257 g/mol. The quantitative estimate of drug-likeness (QED) is 0.805. The number of anilines is 1. The zero-order valence-electron chi connectivity index (χ0n) is 10.5.